The Kier molecular flexibility index (Phi) is 5.22. The van der Waals surface area contributed by atoms with Crippen molar-refractivity contribution in [2.75, 3.05) is 11.9 Å². The van der Waals surface area contributed by atoms with Crippen molar-refractivity contribution in [1.82, 2.24) is 5.32 Å². The fourth-order valence-corrected chi connectivity index (χ4v) is 1.46. The molecule has 4 nitrogen and oxygen atoms in total. The van der Waals surface area contributed by atoms with E-state index in [9.17, 15) is 4.79 Å². The Labute approximate surface area is 111 Å². The molecule has 0 fully saturated rings. The number of hydrogen-bond acceptors (Lipinski definition) is 3. The molecule has 0 saturated carbocycles. The summed E-state index contributed by atoms with van der Waals surface area (Å²) in [5.41, 5.74) is 1.40. The zero-order chi connectivity index (χ0) is 13.5. The normalized spacial score (nSPS) is 10.7. The molecule has 0 radical (unpaired) electrons. The maximum atomic E-state index is 11.8. The highest BCUT2D eigenvalue weighted by atomic mass is 35.5. The lowest BCUT2D eigenvalue weighted by atomic mass is 10.2. The number of amides is 1. The molecule has 1 amide bonds. The van der Waals surface area contributed by atoms with Crippen LogP contribution in [0.5, 0.6) is 0 Å². The summed E-state index contributed by atoms with van der Waals surface area (Å²) >= 11 is 5.95. The van der Waals surface area contributed by atoms with E-state index in [1.54, 1.807) is 25.1 Å². The van der Waals surface area contributed by atoms with Gasteiger partial charge in [0.1, 0.15) is 11.6 Å². The van der Waals surface area contributed by atoms with Gasteiger partial charge in [-0.15, -0.1) is 0 Å². The molecule has 0 unspecified atom stereocenters. The highest BCUT2D eigenvalue weighted by molar-refractivity contribution is 6.31. The number of anilines is 1. The first-order valence-electron chi connectivity index (χ1n) is 5.50. The molecule has 0 aliphatic carbocycles. The lowest BCUT2D eigenvalue weighted by molar-refractivity contribution is -0.112. The molecule has 0 aromatic heterocycles. The summed E-state index contributed by atoms with van der Waals surface area (Å²) in [4.78, 5) is 11.8. The molecule has 5 heteroatoms. The summed E-state index contributed by atoms with van der Waals surface area (Å²) in [6.45, 7) is 4.33. The highest BCUT2D eigenvalue weighted by Crippen LogP contribution is 2.23. The number of rotatable bonds is 4. The second kappa shape index (κ2) is 6.67. The van der Waals surface area contributed by atoms with E-state index >= 15 is 0 Å². The molecular weight excluding hydrogens is 250 g/mol. The van der Waals surface area contributed by atoms with Gasteiger partial charge in [-0.05, 0) is 31.5 Å². The van der Waals surface area contributed by atoms with E-state index in [4.69, 9.17) is 16.9 Å². The topological polar surface area (TPSA) is 64.9 Å². The SMILES string of the molecule is CCN/C=C(/C#N)C(=O)Nc1cccc(Cl)c1C. The van der Waals surface area contributed by atoms with Crippen molar-refractivity contribution in [2.45, 2.75) is 13.8 Å². The third kappa shape index (κ3) is 3.51. The monoisotopic (exact) mass is 263 g/mol. The molecular formula is C13H14ClN3O. The number of nitriles is 1. The fourth-order valence-electron chi connectivity index (χ4n) is 1.29. The van der Waals surface area contributed by atoms with Gasteiger partial charge in [-0.2, -0.15) is 5.26 Å². The van der Waals surface area contributed by atoms with Gasteiger partial charge in [0.05, 0.1) is 0 Å². The summed E-state index contributed by atoms with van der Waals surface area (Å²) in [7, 11) is 0. The molecule has 1 aromatic carbocycles. The molecule has 0 heterocycles. The number of hydrogen-bond donors (Lipinski definition) is 2. The summed E-state index contributed by atoms with van der Waals surface area (Å²) < 4.78 is 0. The number of nitrogens with zero attached hydrogens (tertiary/aromatic N) is 1. The van der Waals surface area contributed by atoms with E-state index < -0.39 is 5.91 Å². The Morgan fingerprint density at radius 3 is 2.89 bits per heavy atom. The average Bonchev–Trinajstić information content (AvgIpc) is 2.36. The van der Waals surface area contributed by atoms with E-state index in [0.717, 1.165) is 5.56 Å². The van der Waals surface area contributed by atoms with Crippen molar-refractivity contribution in [3.63, 3.8) is 0 Å². The number of carbonyl (C=O) groups excluding carboxylic acids is 1. The van der Waals surface area contributed by atoms with Crippen LogP contribution in [0.15, 0.2) is 30.0 Å². The van der Waals surface area contributed by atoms with E-state index in [1.807, 2.05) is 13.0 Å². The van der Waals surface area contributed by atoms with Crippen LogP contribution >= 0.6 is 11.6 Å². The summed E-state index contributed by atoms with van der Waals surface area (Å²) in [5, 5.41) is 14.9. The second-order valence-corrected chi connectivity index (χ2v) is 4.00. The Hall–Kier alpha value is -1.99. The Morgan fingerprint density at radius 2 is 2.28 bits per heavy atom. The van der Waals surface area contributed by atoms with Crippen molar-refractivity contribution < 1.29 is 4.79 Å². The lowest BCUT2D eigenvalue weighted by Gasteiger charge is -2.08. The predicted molar refractivity (Wildman–Crippen MR) is 72.2 cm³/mol. The maximum Gasteiger partial charge on any atom is 0.267 e. The number of benzene rings is 1. The van der Waals surface area contributed by atoms with Gasteiger partial charge in [0.25, 0.3) is 5.91 Å². The van der Waals surface area contributed by atoms with Crippen molar-refractivity contribution in [3.05, 3.63) is 40.6 Å². The van der Waals surface area contributed by atoms with Crippen LogP contribution in [0.3, 0.4) is 0 Å². The van der Waals surface area contributed by atoms with E-state index in [1.165, 1.54) is 6.20 Å². The van der Waals surface area contributed by atoms with Gasteiger partial charge in [-0.25, -0.2) is 0 Å². The van der Waals surface area contributed by atoms with Crippen LogP contribution in [-0.2, 0) is 4.79 Å². The van der Waals surface area contributed by atoms with Crippen molar-refractivity contribution in [3.8, 4) is 6.07 Å². The first-order chi connectivity index (χ1) is 8.60. The van der Waals surface area contributed by atoms with Crippen molar-refractivity contribution in [1.29, 1.82) is 5.26 Å². The largest absolute Gasteiger partial charge is 0.390 e. The Balaban J connectivity index is 2.88. The van der Waals surface area contributed by atoms with Crippen LogP contribution < -0.4 is 10.6 Å². The molecule has 0 atom stereocenters. The van der Waals surface area contributed by atoms with Gasteiger partial charge in [0, 0.05) is 23.5 Å². The van der Waals surface area contributed by atoms with Gasteiger partial charge in [0.15, 0.2) is 0 Å². The van der Waals surface area contributed by atoms with Crippen molar-refractivity contribution >= 4 is 23.2 Å². The van der Waals surface area contributed by atoms with Crippen LogP contribution in [-0.4, -0.2) is 12.5 Å². The molecule has 18 heavy (non-hydrogen) atoms. The first kappa shape index (κ1) is 14.1. The lowest BCUT2D eigenvalue weighted by Crippen LogP contribution is -2.17. The van der Waals surface area contributed by atoms with Gasteiger partial charge in [-0.3, -0.25) is 4.79 Å². The molecule has 1 aromatic rings. The molecule has 1 rings (SSSR count). The fraction of sp³-hybridized carbons (Fsp3) is 0.231. The summed E-state index contributed by atoms with van der Waals surface area (Å²) in [6, 6.07) is 7.07. The van der Waals surface area contributed by atoms with Gasteiger partial charge < -0.3 is 10.6 Å². The molecule has 0 saturated heterocycles. The van der Waals surface area contributed by atoms with Crippen LogP contribution in [0.2, 0.25) is 5.02 Å². The number of nitrogens with one attached hydrogen (secondary N) is 2. The zero-order valence-corrected chi connectivity index (χ0v) is 11.0. The van der Waals surface area contributed by atoms with Crippen LogP contribution in [0.25, 0.3) is 0 Å². The zero-order valence-electron chi connectivity index (χ0n) is 10.2. The van der Waals surface area contributed by atoms with Gasteiger partial charge in [0.2, 0.25) is 0 Å². The minimum atomic E-state index is -0.455. The number of halogens is 1. The van der Waals surface area contributed by atoms with Crippen LogP contribution in [0, 0.1) is 18.3 Å². The molecule has 2 N–H and O–H groups in total. The van der Waals surface area contributed by atoms with Crippen molar-refractivity contribution in [2.24, 2.45) is 0 Å². The smallest absolute Gasteiger partial charge is 0.267 e. The first-order valence-corrected chi connectivity index (χ1v) is 5.88. The van der Waals surface area contributed by atoms with E-state index in [-0.39, 0.29) is 5.57 Å². The Morgan fingerprint density at radius 1 is 1.56 bits per heavy atom. The third-order valence-electron chi connectivity index (χ3n) is 2.33. The van der Waals surface area contributed by atoms with Crippen LogP contribution in [0.4, 0.5) is 5.69 Å². The van der Waals surface area contributed by atoms with Gasteiger partial charge in [-0.1, -0.05) is 17.7 Å². The standard InChI is InChI=1S/C13H14ClN3O/c1-3-16-8-10(7-15)13(18)17-12-6-4-5-11(14)9(12)2/h4-6,8,16H,3H2,1-2H3,(H,17,18)/b10-8-. The maximum absolute atomic E-state index is 11.8. The highest BCUT2D eigenvalue weighted by Gasteiger charge is 2.11. The summed E-state index contributed by atoms with van der Waals surface area (Å²) in [5.74, 6) is -0.455. The molecule has 0 aliphatic heterocycles. The van der Waals surface area contributed by atoms with Crippen LogP contribution in [0.1, 0.15) is 12.5 Å². The molecule has 0 aliphatic rings. The minimum Gasteiger partial charge on any atom is -0.390 e. The van der Waals surface area contributed by atoms with E-state index in [0.29, 0.717) is 17.3 Å². The van der Waals surface area contributed by atoms with E-state index in [2.05, 4.69) is 10.6 Å². The molecule has 0 spiro atoms. The Bertz CT molecular complexity index is 517. The quantitative estimate of drug-likeness (QED) is 0.648. The second-order valence-electron chi connectivity index (χ2n) is 3.59. The van der Waals surface area contributed by atoms with Gasteiger partial charge >= 0.3 is 0 Å². The summed E-state index contributed by atoms with van der Waals surface area (Å²) in [6.07, 6.45) is 1.40. The number of carbonyl (C=O) groups is 1. The predicted octanol–water partition coefficient (Wildman–Crippen LogP) is 2.60. The molecule has 0 bridgehead atoms. The minimum absolute atomic E-state index is 0.0243. The molecule has 94 valence electrons. The third-order valence-corrected chi connectivity index (χ3v) is 2.74. The average molecular weight is 264 g/mol.